The zero-order valence-corrected chi connectivity index (χ0v) is 23.2. The molecule has 36 heavy (non-hydrogen) atoms. The van der Waals surface area contributed by atoms with Crippen LogP contribution in [0.5, 0.6) is 11.5 Å². The second-order valence-electron chi connectivity index (χ2n) is 9.04. The van der Waals surface area contributed by atoms with E-state index in [2.05, 4.69) is 10.6 Å². The highest BCUT2D eigenvalue weighted by Crippen LogP contribution is 2.23. The Balaban J connectivity index is 1.48. The number of unbranched alkanes of at least 4 members (excludes halogenated alkanes) is 5. The molecule has 0 aliphatic rings. The van der Waals surface area contributed by atoms with E-state index in [1.165, 1.54) is 0 Å². The Labute approximate surface area is 225 Å². The number of hydrogen-bond acceptors (Lipinski definition) is 4. The monoisotopic (exact) mass is 536 g/mol. The van der Waals surface area contributed by atoms with E-state index in [0.717, 1.165) is 49.7 Å². The van der Waals surface area contributed by atoms with E-state index in [-0.39, 0.29) is 11.8 Å². The molecule has 0 aromatic heterocycles. The number of amides is 2. The molecule has 0 bridgehead atoms. The summed E-state index contributed by atoms with van der Waals surface area (Å²) >= 11 is 11.9. The van der Waals surface area contributed by atoms with Crippen LogP contribution in [-0.2, 0) is 9.59 Å². The SMILES string of the molecule is Cc1cc(Cl)ccc1OC(C)C(=O)NCCCCCCCCNC(=O)C(C)Oc1ccc(Cl)cc1C. The summed E-state index contributed by atoms with van der Waals surface area (Å²) < 4.78 is 11.5. The van der Waals surface area contributed by atoms with Crippen molar-refractivity contribution in [2.45, 2.75) is 78.4 Å². The molecule has 6 nitrogen and oxygen atoms in total. The van der Waals surface area contributed by atoms with Gasteiger partial charge in [-0.05, 0) is 88.1 Å². The van der Waals surface area contributed by atoms with Gasteiger partial charge in [0.2, 0.25) is 0 Å². The Morgan fingerprint density at radius 1 is 0.694 bits per heavy atom. The van der Waals surface area contributed by atoms with E-state index >= 15 is 0 Å². The van der Waals surface area contributed by atoms with Crippen LogP contribution in [0, 0.1) is 13.8 Å². The molecular weight excluding hydrogens is 499 g/mol. The zero-order valence-electron chi connectivity index (χ0n) is 21.7. The maximum atomic E-state index is 12.3. The summed E-state index contributed by atoms with van der Waals surface area (Å²) in [6.45, 7) is 8.55. The standard InChI is InChI=1S/C28H38Cl2N2O4/c1-19-17-23(29)11-13-25(19)35-21(3)27(33)31-15-9-7-5-6-8-10-16-32-28(34)22(4)36-26-14-12-24(30)18-20(26)2/h11-14,17-18,21-22H,5-10,15-16H2,1-4H3,(H,31,33)(H,32,34). The van der Waals surface area contributed by atoms with Crippen LogP contribution < -0.4 is 20.1 Å². The fourth-order valence-corrected chi connectivity index (χ4v) is 4.10. The fourth-order valence-electron chi connectivity index (χ4n) is 3.65. The van der Waals surface area contributed by atoms with Gasteiger partial charge in [-0.3, -0.25) is 9.59 Å². The minimum Gasteiger partial charge on any atom is -0.481 e. The number of rotatable bonds is 15. The summed E-state index contributed by atoms with van der Waals surface area (Å²) in [6, 6.07) is 10.7. The van der Waals surface area contributed by atoms with Crippen LogP contribution in [0.3, 0.4) is 0 Å². The summed E-state index contributed by atoms with van der Waals surface area (Å²) in [5.74, 6) is 1.09. The van der Waals surface area contributed by atoms with E-state index in [1.54, 1.807) is 38.1 Å². The molecule has 0 heterocycles. The number of hydrogen-bond donors (Lipinski definition) is 2. The summed E-state index contributed by atoms with van der Waals surface area (Å²) in [5, 5.41) is 7.16. The molecule has 2 N–H and O–H groups in total. The number of carbonyl (C=O) groups is 2. The molecule has 2 aromatic rings. The third-order valence-corrected chi connectivity index (χ3v) is 6.29. The Kier molecular flexibility index (Phi) is 12.9. The lowest BCUT2D eigenvalue weighted by Gasteiger charge is -2.16. The van der Waals surface area contributed by atoms with Crippen molar-refractivity contribution in [2.24, 2.45) is 0 Å². The van der Waals surface area contributed by atoms with E-state index in [4.69, 9.17) is 32.7 Å². The van der Waals surface area contributed by atoms with Gasteiger partial charge in [0.25, 0.3) is 11.8 Å². The number of carbonyl (C=O) groups excluding carboxylic acids is 2. The highest BCUT2D eigenvalue weighted by molar-refractivity contribution is 6.31. The highest BCUT2D eigenvalue weighted by atomic mass is 35.5. The van der Waals surface area contributed by atoms with Crippen molar-refractivity contribution in [3.8, 4) is 11.5 Å². The van der Waals surface area contributed by atoms with Crippen LogP contribution >= 0.6 is 23.2 Å². The summed E-state index contributed by atoms with van der Waals surface area (Å²) in [6.07, 6.45) is 4.99. The van der Waals surface area contributed by atoms with Gasteiger partial charge in [0.15, 0.2) is 12.2 Å². The average Bonchev–Trinajstić information content (AvgIpc) is 2.83. The van der Waals surface area contributed by atoms with Gasteiger partial charge in [0.1, 0.15) is 11.5 Å². The molecule has 0 spiro atoms. The lowest BCUT2D eigenvalue weighted by Crippen LogP contribution is -2.37. The van der Waals surface area contributed by atoms with E-state index in [1.807, 2.05) is 26.0 Å². The van der Waals surface area contributed by atoms with Gasteiger partial charge in [0.05, 0.1) is 0 Å². The number of nitrogens with one attached hydrogen (secondary N) is 2. The second-order valence-corrected chi connectivity index (χ2v) is 9.92. The van der Waals surface area contributed by atoms with Crippen molar-refractivity contribution >= 4 is 35.0 Å². The highest BCUT2D eigenvalue weighted by Gasteiger charge is 2.16. The normalized spacial score (nSPS) is 12.5. The molecule has 2 atom stereocenters. The quantitative estimate of drug-likeness (QED) is 0.257. The predicted molar refractivity (Wildman–Crippen MR) is 146 cm³/mol. The third-order valence-electron chi connectivity index (χ3n) is 5.82. The average molecular weight is 538 g/mol. The lowest BCUT2D eigenvalue weighted by atomic mass is 10.1. The van der Waals surface area contributed by atoms with Crippen molar-refractivity contribution in [1.29, 1.82) is 0 Å². The molecule has 0 aliphatic heterocycles. The fraction of sp³-hybridized carbons (Fsp3) is 0.500. The first-order valence-corrected chi connectivity index (χ1v) is 13.3. The van der Waals surface area contributed by atoms with Crippen molar-refractivity contribution in [3.05, 3.63) is 57.6 Å². The topological polar surface area (TPSA) is 76.7 Å². The second kappa shape index (κ2) is 15.6. The van der Waals surface area contributed by atoms with Gasteiger partial charge < -0.3 is 20.1 Å². The molecule has 2 unspecified atom stereocenters. The van der Waals surface area contributed by atoms with Crippen molar-refractivity contribution in [2.75, 3.05) is 13.1 Å². The molecule has 2 amide bonds. The minimum absolute atomic E-state index is 0.121. The van der Waals surface area contributed by atoms with Crippen LogP contribution in [0.2, 0.25) is 10.0 Å². The smallest absolute Gasteiger partial charge is 0.260 e. The Hall–Kier alpha value is -2.44. The number of halogens is 2. The molecule has 0 radical (unpaired) electrons. The van der Waals surface area contributed by atoms with Gasteiger partial charge in [-0.2, -0.15) is 0 Å². The molecule has 0 fully saturated rings. The first kappa shape index (κ1) is 29.8. The van der Waals surface area contributed by atoms with Crippen LogP contribution in [0.1, 0.15) is 63.5 Å². The molecule has 8 heteroatoms. The lowest BCUT2D eigenvalue weighted by molar-refractivity contribution is -0.127. The summed E-state index contributed by atoms with van der Waals surface area (Å²) in [7, 11) is 0. The third kappa shape index (κ3) is 10.7. The Morgan fingerprint density at radius 3 is 1.42 bits per heavy atom. The molecule has 0 saturated heterocycles. The van der Waals surface area contributed by atoms with Crippen LogP contribution in [0.15, 0.2) is 36.4 Å². The van der Waals surface area contributed by atoms with Gasteiger partial charge >= 0.3 is 0 Å². The maximum absolute atomic E-state index is 12.3. The summed E-state index contributed by atoms with van der Waals surface area (Å²) in [5.41, 5.74) is 1.80. The molecule has 0 saturated carbocycles. The van der Waals surface area contributed by atoms with Gasteiger partial charge in [0, 0.05) is 23.1 Å². The molecule has 2 rings (SSSR count). The van der Waals surface area contributed by atoms with Crippen LogP contribution in [-0.4, -0.2) is 37.1 Å². The number of ether oxygens (including phenoxy) is 2. The number of benzene rings is 2. The van der Waals surface area contributed by atoms with E-state index < -0.39 is 12.2 Å². The largest absolute Gasteiger partial charge is 0.481 e. The van der Waals surface area contributed by atoms with Crippen LogP contribution in [0.25, 0.3) is 0 Å². The first-order valence-electron chi connectivity index (χ1n) is 12.6. The first-order chi connectivity index (χ1) is 17.2. The predicted octanol–water partition coefficient (Wildman–Crippen LogP) is 6.42. The Morgan fingerprint density at radius 2 is 1.06 bits per heavy atom. The minimum atomic E-state index is -0.566. The van der Waals surface area contributed by atoms with Gasteiger partial charge in [-0.25, -0.2) is 0 Å². The van der Waals surface area contributed by atoms with E-state index in [0.29, 0.717) is 34.6 Å². The Bertz CT molecular complexity index is 920. The van der Waals surface area contributed by atoms with Crippen molar-refractivity contribution in [1.82, 2.24) is 10.6 Å². The van der Waals surface area contributed by atoms with Crippen LogP contribution in [0.4, 0.5) is 0 Å². The zero-order chi connectivity index (χ0) is 26.5. The van der Waals surface area contributed by atoms with Crippen molar-refractivity contribution in [3.63, 3.8) is 0 Å². The van der Waals surface area contributed by atoms with Crippen molar-refractivity contribution < 1.29 is 19.1 Å². The van der Waals surface area contributed by atoms with E-state index in [9.17, 15) is 9.59 Å². The molecule has 2 aromatic carbocycles. The number of aryl methyl sites for hydroxylation is 2. The van der Waals surface area contributed by atoms with Gasteiger partial charge in [-0.15, -0.1) is 0 Å². The molecular formula is C28H38Cl2N2O4. The van der Waals surface area contributed by atoms with Gasteiger partial charge in [-0.1, -0.05) is 48.9 Å². The maximum Gasteiger partial charge on any atom is 0.260 e. The molecule has 0 aliphatic carbocycles. The molecule has 198 valence electrons. The summed E-state index contributed by atoms with van der Waals surface area (Å²) in [4.78, 5) is 24.5.